The number of ether oxygens (including phenoxy) is 2. The fraction of sp³-hybridized carbons (Fsp3) is 0.333. The van der Waals surface area contributed by atoms with Crippen LogP contribution in [0.3, 0.4) is 0 Å². The topological polar surface area (TPSA) is 25.1 Å². The summed E-state index contributed by atoms with van der Waals surface area (Å²) in [5.41, 5.74) is 0. The third-order valence-electron chi connectivity index (χ3n) is 4.20. The van der Waals surface area contributed by atoms with E-state index in [9.17, 15) is 0 Å². The number of rotatable bonds is 8. The van der Waals surface area contributed by atoms with Crippen LogP contribution in [0.25, 0.3) is 0 Å². The first-order valence-electron chi connectivity index (χ1n) is 8.59. The molecule has 2 atom stereocenters. The molecule has 2 aromatic rings. The summed E-state index contributed by atoms with van der Waals surface area (Å²) in [7, 11) is 0. The number of halogens is 8. The molecule has 0 spiro atoms. The van der Waals surface area contributed by atoms with Crippen LogP contribution in [0.4, 0.5) is 0 Å². The van der Waals surface area contributed by atoms with E-state index in [1.165, 1.54) is 0 Å². The molecule has 2 fully saturated rings. The molecule has 168 valence electrons. The molecule has 13 heteroatoms. The van der Waals surface area contributed by atoms with Crippen LogP contribution in [0.15, 0.2) is 55.4 Å². The van der Waals surface area contributed by atoms with E-state index in [0.29, 0.717) is 12.2 Å². The minimum Gasteiger partial charge on any atom is -0.372 e. The van der Waals surface area contributed by atoms with Gasteiger partial charge in [-0.3, -0.25) is 0 Å². The molecular formula is C18H10Br8O2S3. The van der Waals surface area contributed by atoms with E-state index < -0.39 is 0 Å². The molecule has 0 bridgehead atoms. The van der Waals surface area contributed by atoms with Gasteiger partial charge in [0.1, 0.15) is 0 Å². The number of hydrogen-bond acceptors (Lipinski definition) is 5. The Hall–Kier alpha value is 3.25. The summed E-state index contributed by atoms with van der Waals surface area (Å²) in [6.45, 7) is 1.71. The van der Waals surface area contributed by atoms with Crippen LogP contribution in [0, 0.1) is 0 Å². The summed E-state index contributed by atoms with van der Waals surface area (Å²) in [6, 6.07) is 0. The Morgan fingerprint density at radius 1 is 0.516 bits per heavy atom. The van der Waals surface area contributed by atoms with Crippen molar-refractivity contribution in [3.63, 3.8) is 0 Å². The van der Waals surface area contributed by atoms with Crippen molar-refractivity contribution in [3.8, 4) is 0 Å². The minimum absolute atomic E-state index is 0.361. The van der Waals surface area contributed by atoms with Crippen molar-refractivity contribution in [2.75, 3.05) is 24.7 Å². The Morgan fingerprint density at radius 2 is 0.774 bits per heavy atom. The first kappa shape index (κ1) is 27.3. The standard InChI is InChI=1S/C18H10Br8O2S3/c19-7-11(23)17(12(24)8(20)15(7)29-3-5-1-27-5)31-18-13(25)9(21)16(10(22)14(18)26)30-4-6-2-28-6/h5-6H,1-4H2. The van der Waals surface area contributed by atoms with Gasteiger partial charge in [-0.1, -0.05) is 11.8 Å². The molecule has 0 N–H and O–H groups in total. The summed E-state index contributed by atoms with van der Waals surface area (Å²) < 4.78 is 18.8. The Kier molecular flexibility index (Phi) is 10.3. The monoisotopic (exact) mass is 985 g/mol. The maximum Gasteiger partial charge on any atom is 0.0903 e. The van der Waals surface area contributed by atoms with E-state index in [1.807, 2.05) is 0 Å². The van der Waals surface area contributed by atoms with Gasteiger partial charge in [-0.05, 0) is 127 Å². The zero-order valence-electron chi connectivity index (χ0n) is 15.0. The lowest BCUT2D eigenvalue weighted by Gasteiger charge is -2.19. The molecule has 2 aliphatic heterocycles. The summed E-state index contributed by atoms with van der Waals surface area (Å²) in [6.07, 6.45) is 0.722. The quantitative estimate of drug-likeness (QED) is 0.149. The molecule has 0 saturated carbocycles. The van der Waals surface area contributed by atoms with Crippen LogP contribution in [-0.4, -0.2) is 36.9 Å². The van der Waals surface area contributed by atoms with Crippen LogP contribution in [0.5, 0.6) is 0 Å². The summed E-state index contributed by atoms with van der Waals surface area (Å²) in [5.74, 6) is 1.87. The number of thioether (sulfide) groups is 2. The van der Waals surface area contributed by atoms with Gasteiger partial charge in [0.15, 0.2) is 0 Å². The van der Waals surface area contributed by atoms with Crippen molar-refractivity contribution < 1.29 is 9.47 Å². The van der Waals surface area contributed by atoms with Crippen LogP contribution in [0.2, 0.25) is 0 Å². The lowest BCUT2D eigenvalue weighted by atomic mass is 10.3. The van der Waals surface area contributed by atoms with Gasteiger partial charge in [0, 0.05) is 66.9 Å². The van der Waals surface area contributed by atoms with E-state index >= 15 is 0 Å². The Bertz CT molecular complexity index is 904. The molecule has 4 rings (SSSR count). The normalized spacial score (nSPS) is 19.7. The van der Waals surface area contributed by atoms with E-state index in [1.54, 1.807) is 35.3 Å². The number of benzene rings is 2. The van der Waals surface area contributed by atoms with Crippen molar-refractivity contribution in [2.24, 2.45) is 0 Å². The number of hydrogen-bond donors (Lipinski definition) is 0. The third-order valence-corrected chi connectivity index (χ3v) is 18.5. The molecule has 2 aromatic carbocycles. The fourth-order valence-electron chi connectivity index (χ4n) is 2.40. The second-order valence-electron chi connectivity index (χ2n) is 6.46. The smallest absolute Gasteiger partial charge is 0.0903 e. The van der Waals surface area contributed by atoms with Gasteiger partial charge in [0.05, 0.1) is 25.4 Å². The van der Waals surface area contributed by atoms with Gasteiger partial charge in [-0.15, -0.1) is 23.5 Å². The van der Waals surface area contributed by atoms with Crippen molar-refractivity contribution in [1.82, 2.24) is 0 Å². The summed E-state index contributed by atoms with van der Waals surface area (Å²) in [5, 5.41) is 0. The van der Waals surface area contributed by atoms with E-state index in [4.69, 9.17) is 9.47 Å². The van der Waals surface area contributed by atoms with Crippen molar-refractivity contribution in [3.05, 3.63) is 35.8 Å². The molecule has 0 aromatic heterocycles. The molecule has 2 unspecified atom stereocenters. The van der Waals surface area contributed by atoms with E-state index in [-0.39, 0.29) is 0 Å². The molecule has 2 nitrogen and oxygen atoms in total. The first-order valence-corrected chi connectivity index (χ1v) is 17.7. The maximum absolute atomic E-state index is 5.36. The average molecular weight is 994 g/mol. The van der Waals surface area contributed by atoms with Crippen LogP contribution >= 0.6 is 163 Å². The highest BCUT2D eigenvalue weighted by Crippen LogP contribution is 2.56. The van der Waals surface area contributed by atoms with Crippen LogP contribution < -0.4 is 0 Å². The van der Waals surface area contributed by atoms with Gasteiger partial charge in [0.25, 0.3) is 0 Å². The molecule has 31 heavy (non-hydrogen) atoms. The maximum atomic E-state index is 5.36. The second kappa shape index (κ2) is 11.8. The Balaban J connectivity index is 1.68. The molecule has 2 aliphatic rings. The minimum atomic E-state index is 0.361. The Labute approximate surface area is 260 Å². The molecule has 0 radical (unpaired) electrons. The fourth-order valence-corrected chi connectivity index (χ4v) is 13.0. The molecule has 2 heterocycles. The van der Waals surface area contributed by atoms with E-state index in [2.05, 4.69) is 127 Å². The summed E-state index contributed by atoms with van der Waals surface area (Å²) in [4.78, 5) is 4.43. The zero-order chi connectivity index (χ0) is 22.4. The van der Waals surface area contributed by atoms with Gasteiger partial charge in [-0.2, -0.15) is 0 Å². The largest absolute Gasteiger partial charge is 0.372 e. The van der Waals surface area contributed by atoms with Crippen molar-refractivity contribution in [2.45, 2.75) is 31.8 Å². The predicted molar refractivity (Wildman–Crippen MR) is 160 cm³/mol. The van der Waals surface area contributed by atoms with Crippen molar-refractivity contribution >= 4 is 163 Å². The molecule has 0 aliphatic carbocycles. The molecule has 2 saturated heterocycles. The SMILES string of the molecule is Brc1c(Br)c(Sc2c(Br)c(Br)c(SCC3CO3)c(Br)c2Br)c(Br)c(Br)c1SCC1CO1. The van der Waals surface area contributed by atoms with Crippen molar-refractivity contribution in [1.29, 1.82) is 0 Å². The lowest BCUT2D eigenvalue weighted by Crippen LogP contribution is -1.95. The van der Waals surface area contributed by atoms with Crippen LogP contribution in [0.1, 0.15) is 0 Å². The Morgan fingerprint density at radius 3 is 1.03 bits per heavy atom. The van der Waals surface area contributed by atoms with Gasteiger partial charge in [0.2, 0.25) is 0 Å². The van der Waals surface area contributed by atoms with E-state index in [0.717, 1.165) is 80.1 Å². The van der Waals surface area contributed by atoms with Crippen LogP contribution in [-0.2, 0) is 9.47 Å². The third kappa shape index (κ3) is 6.40. The second-order valence-corrected chi connectivity index (χ2v) is 15.9. The molecular weight excluding hydrogens is 984 g/mol. The highest BCUT2D eigenvalue weighted by Gasteiger charge is 2.28. The predicted octanol–water partition coefficient (Wildman–Crippen LogP) is 10.9. The highest BCUT2D eigenvalue weighted by atomic mass is 79.9. The average Bonchev–Trinajstić information content (AvgIpc) is 3.65. The zero-order valence-corrected chi connectivity index (χ0v) is 30.2. The highest BCUT2D eigenvalue weighted by molar-refractivity contribution is 9.14. The molecule has 0 amide bonds. The first-order chi connectivity index (χ1) is 14.7. The van der Waals surface area contributed by atoms with Gasteiger partial charge >= 0.3 is 0 Å². The van der Waals surface area contributed by atoms with Gasteiger partial charge in [-0.25, -0.2) is 0 Å². The lowest BCUT2D eigenvalue weighted by molar-refractivity contribution is 0.426. The number of epoxide rings is 2. The summed E-state index contributed by atoms with van der Waals surface area (Å²) >= 11 is 35.6. The van der Waals surface area contributed by atoms with Gasteiger partial charge < -0.3 is 9.47 Å².